The van der Waals surface area contributed by atoms with E-state index in [0.717, 1.165) is 12.8 Å². The highest BCUT2D eigenvalue weighted by Crippen LogP contribution is 2.24. The van der Waals surface area contributed by atoms with E-state index in [1.54, 1.807) is 12.1 Å². The molecule has 0 amide bonds. The van der Waals surface area contributed by atoms with Crippen LogP contribution in [-0.2, 0) is 10.0 Å². The Morgan fingerprint density at radius 3 is 2.29 bits per heavy atom. The molecular formula is C11H15NO4S. The van der Waals surface area contributed by atoms with Gasteiger partial charge in [-0.05, 0) is 49.9 Å². The first-order valence-electron chi connectivity index (χ1n) is 5.54. The molecule has 1 aliphatic carbocycles. The number of hydrogen-bond acceptors (Lipinski definition) is 4. The second-order valence-electron chi connectivity index (χ2n) is 4.09. The van der Waals surface area contributed by atoms with Crippen molar-refractivity contribution in [3.8, 4) is 5.75 Å². The summed E-state index contributed by atoms with van der Waals surface area (Å²) in [7, 11) is -3.79. The maximum absolute atomic E-state index is 11.3. The fraction of sp³-hybridized carbons (Fsp3) is 0.455. The van der Waals surface area contributed by atoms with Crippen molar-refractivity contribution >= 4 is 10.0 Å². The molecule has 0 aliphatic heterocycles. The largest absolute Gasteiger partial charge is 0.490 e. The number of ether oxygens (including phenoxy) is 1. The minimum atomic E-state index is -3.79. The molecule has 2 rings (SSSR count). The van der Waals surface area contributed by atoms with Crippen LogP contribution in [0.4, 0.5) is 0 Å². The molecular weight excluding hydrogens is 242 g/mol. The van der Waals surface area contributed by atoms with Crippen LogP contribution in [0.1, 0.15) is 25.7 Å². The van der Waals surface area contributed by atoms with E-state index in [1.807, 2.05) is 0 Å². The quantitative estimate of drug-likeness (QED) is 0.805. The van der Waals surface area contributed by atoms with Crippen molar-refractivity contribution in [2.24, 2.45) is 0 Å². The van der Waals surface area contributed by atoms with Crippen molar-refractivity contribution in [3.63, 3.8) is 0 Å². The van der Waals surface area contributed by atoms with Crippen molar-refractivity contribution in [3.05, 3.63) is 24.3 Å². The summed E-state index contributed by atoms with van der Waals surface area (Å²) in [6.45, 7) is 0. The molecule has 1 fully saturated rings. The lowest BCUT2D eigenvalue weighted by atomic mass is 10.3. The van der Waals surface area contributed by atoms with E-state index in [1.165, 1.54) is 29.9 Å². The van der Waals surface area contributed by atoms with Crippen LogP contribution in [0.25, 0.3) is 0 Å². The normalized spacial score (nSPS) is 17.2. The number of hydrogen-bond donors (Lipinski definition) is 2. The summed E-state index contributed by atoms with van der Waals surface area (Å²) >= 11 is 0. The predicted molar refractivity (Wildman–Crippen MR) is 61.4 cm³/mol. The van der Waals surface area contributed by atoms with Crippen LogP contribution in [-0.4, -0.2) is 19.7 Å². The molecule has 0 heterocycles. The van der Waals surface area contributed by atoms with E-state index in [0.29, 0.717) is 5.75 Å². The first-order valence-corrected chi connectivity index (χ1v) is 7.03. The van der Waals surface area contributed by atoms with Gasteiger partial charge >= 0.3 is 0 Å². The molecule has 1 aromatic rings. The average Bonchev–Trinajstić information content (AvgIpc) is 2.83. The summed E-state index contributed by atoms with van der Waals surface area (Å²) in [6.07, 6.45) is 4.72. The van der Waals surface area contributed by atoms with Gasteiger partial charge in [-0.15, -0.1) is 0 Å². The molecule has 94 valence electrons. The van der Waals surface area contributed by atoms with Gasteiger partial charge in [0, 0.05) is 0 Å². The molecule has 0 saturated heterocycles. The van der Waals surface area contributed by atoms with E-state index >= 15 is 0 Å². The fourth-order valence-corrected chi connectivity index (χ4v) is 2.55. The summed E-state index contributed by atoms with van der Waals surface area (Å²) in [5, 5.41) is 8.48. The fourth-order valence-electron chi connectivity index (χ4n) is 1.95. The van der Waals surface area contributed by atoms with Crippen molar-refractivity contribution in [1.82, 2.24) is 4.89 Å². The van der Waals surface area contributed by atoms with E-state index in [4.69, 9.17) is 9.94 Å². The van der Waals surface area contributed by atoms with Gasteiger partial charge in [0.1, 0.15) is 5.75 Å². The Hall–Kier alpha value is -1.11. The summed E-state index contributed by atoms with van der Waals surface area (Å²) in [5.74, 6) is 0.661. The van der Waals surface area contributed by atoms with Crippen molar-refractivity contribution in [2.75, 3.05) is 0 Å². The molecule has 1 saturated carbocycles. The lowest BCUT2D eigenvalue weighted by molar-refractivity contribution is 0.210. The first-order chi connectivity index (χ1) is 8.12. The monoisotopic (exact) mass is 257 g/mol. The second-order valence-corrected chi connectivity index (χ2v) is 5.75. The van der Waals surface area contributed by atoms with Gasteiger partial charge in [0.2, 0.25) is 0 Å². The zero-order chi connectivity index (χ0) is 12.3. The molecule has 17 heavy (non-hydrogen) atoms. The van der Waals surface area contributed by atoms with Crippen LogP contribution in [0.3, 0.4) is 0 Å². The summed E-state index contributed by atoms with van der Waals surface area (Å²) < 4.78 is 28.2. The summed E-state index contributed by atoms with van der Waals surface area (Å²) in [5.41, 5.74) is 0. The number of nitrogens with one attached hydrogen (secondary N) is 1. The van der Waals surface area contributed by atoms with Gasteiger partial charge in [-0.3, -0.25) is 0 Å². The second kappa shape index (κ2) is 5.03. The van der Waals surface area contributed by atoms with Crippen molar-refractivity contribution in [1.29, 1.82) is 0 Å². The van der Waals surface area contributed by atoms with Crippen molar-refractivity contribution in [2.45, 2.75) is 36.7 Å². The molecule has 0 radical (unpaired) electrons. The highest BCUT2D eigenvalue weighted by Gasteiger charge is 2.17. The molecule has 5 nitrogen and oxygen atoms in total. The molecule has 0 aromatic heterocycles. The van der Waals surface area contributed by atoms with Gasteiger partial charge in [-0.1, -0.05) is 4.89 Å². The van der Waals surface area contributed by atoms with Gasteiger partial charge in [0.25, 0.3) is 10.0 Å². The Bertz CT molecular complexity index is 463. The molecule has 0 bridgehead atoms. The van der Waals surface area contributed by atoms with Crippen molar-refractivity contribution < 1.29 is 18.4 Å². The maximum atomic E-state index is 11.3. The zero-order valence-corrected chi connectivity index (χ0v) is 10.1. The molecule has 1 aliphatic rings. The third-order valence-electron chi connectivity index (χ3n) is 2.86. The Morgan fingerprint density at radius 2 is 1.76 bits per heavy atom. The zero-order valence-electron chi connectivity index (χ0n) is 9.30. The lowest BCUT2D eigenvalue weighted by Crippen LogP contribution is -2.19. The number of sulfonamides is 1. The van der Waals surface area contributed by atoms with Crippen LogP contribution in [0.5, 0.6) is 5.75 Å². The number of rotatable bonds is 4. The Labute approximate surface area is 100 Å². The van der Waals surface area contributed by atoms with Crippen LogP contribution < -0.4 is 9.62 Å². The highest BCUT2D eigenvalue weighted by molar-refractivity contribution is 7.89. The van der Waals surface area contributed by atoms with E-state index in [-0.39, 0.29) is 11.0 Å². The molecule has 2 N–H and O–H groups in total. The SMILES string of the molecule is O=S(=O)(NO)c1ccc(OC2CCCC2)cc1. The van der Waals surface area contributed by atoms with E-state index in [2.05, 4.69) is 0 Å². The molecule has 1 aromatic carbocycles. The Morgan fingerprint density at radius 1 is 1.18 bits per heavy atom. The van der Waals surface area contributed by atoms with Gasteiger partial charge in [-0.2, -0.15) is 0 Å². The summed E-state index contributed by atoms with van der Waals surface area (Å²) in [4.78, 5) is 1.29. The first kappa shape index (κ1) is 12.3. The van der Waals surface area contributed by atoms with Crippen LogP contribution in [0, 0.1) is 0 Å². The van der Waals surface area contributed by atoms with Gasteiger partial charge in [0.15, 0.2) is 0 Å². The summed E-state index contributed by atoms with van der Waals surface area (Å²) in [6, 6.07) is 6.01. The van der Waals surface area contributed by atoms with E-state index in [9.17, 15) is 8.42 Å². The number of benzene rings is 1. The standard InChI is InChI=1S/C11H15NO4S/c13-12-17(14,15)11-7-5-10(6-8-11)16-9-3-1-2-4-9/h5-9,12-13H,1-4H2. The molecule has 0 atom stereocenters. The smallest absolute Gasteiger partial charge is 0.262 e. The van der Waals surface area contributed by atoms with Crippen LogP contribution in [0.15, 0.2) is 29.2 Å². The predicted octanol–water partition coefficient (Wildman–Crippen LogP) is 1.68. The lowest BCUT2D eigenvalue weighted by Gasteiger charge is -2.13. The Kier molecular flexibility index (Phi) is 3.66. The van der Waals surface area contributed by atoms with Crippen LogP contribution >= 0.6 is 0 Å². The Balaban J connectivity index is 2.07. The maximum Gasteiger partial charge on any atom is 0.262 e. The minimum Gasteiger partial charge on any atom is -0.490 e. The topological polar surface area (TPSA) is 75.6 Å². The minimum absolute atomic E-state index is 0.0128. The third-order valence-corrected chi connectivity index (χ3v) is 3.99. The average molecular weight is 257 g/mol. The molecule has 0 unspecified atom stereocenters. The van der Waals surface area contributed by atoms with Gasteiger partial charge < -0.3 is 9.94 Å². The third kappa shape index (κ3) is 2.96. The van der Waals surface area contributed by atoms with Crippen LogP contribution in [0.2, 0.25) is 0 Å². The van der Waals surface area contributed by atoms with Gasteiger partial charge in [-0.25, -0.2) is 8.42 Å². The van der Waals surface area contributed by atoms with Gasteiger partial charge in [0.05, 0.1) is 11.0 Å². The molecule has 0 spiro atoms. The molecule has 6 heteroatoms. The van der Waals surface area contributed by atoms with E-state index < -0.39 is 10.0 Å². The highest BCUT2D eigenvalue weighted by atomic mass is 32.2.